The van der Waals surface area contributed by atoms with Crippen LogP contribution in [0.3, 0.4) is 0 Å². The van der Waals surface area contributed by atoms with Gasteiger partial charge in [0.25, 0.3) is 0 Å². The molecule has 3 aromatic carbocycles. The number of rotatable bonds is 6. The van der Waals surface area contributed by atoms with Gasteiger partial charge >= 0.3 is 5.97 Å². The van der Waals surface area contributed by atoms with Crippen molar-refractivity contribution in [3.05, 3.63) is 77.4 Å². The summed E-state index contributed by atoms with van der Waals surface area (Å²) in [6.45, 7) is -0.360. The minimum Gasteiger partial charge on any atom is -0.508 e. The van der Waals surface area contributed by atoms with Gasteiger partial charge in [0.2, 0.25) is 12.1 Å². The van der Waals surface area contributed by atoms with Crippen molar-refractivity contribution in [2.24, 2.45) is 0 Å². The van der Waals surface area contributed by atoms with Gasteiger partial charge in [0.15, 0.2) is 6.10 Å². The SMILES string of the molecule is O=C(O[C@H]1[C@H](Oc2cc(O)c(C(=O)c3cc(O)cc(O)c3)c(O)c2)OC[C@H](O)[C@@H]1O)c1ccccc1. The Balaban J connectivity index is 1.57. The van der Waals surface area contributed by atoms with Gasteiger partial charge in [-0.1, -0.05) is 18.2 Å². The first-order valence-corrected chi connectivity index (χ1v) is 10.7. The largest absolute Gasteiger partial charge is 0.508 e. The molecule has 11 nitrogen and oxygen atoms in total. The van der Waals surface area contributed by atoms with E-state index in [1.165, 1.54) is 12.1 Å². The molecular formula is C25H22O11. The number of aliphatic hydroxyl groups is 2. The summed E-state index contributed by atoms with van der Waals surface area (Å²) >= 11 is 0. The second-order valence-electron chi connectivity index (χ2n) is 8.02. The molecule has 1 saturated heterocycles. The van der Waals surface area contributed by atoms with Crippen molar-refractivity contribution in [3.63, 3.8) is 0 Å². The molecule has 1 aliphatic rings. The molecule has 0 bridgehead atoms. The molecule has 11 heteroatoms. The number of benzene rings is 3. The number of aromatic hydroxyl groups is 4. The zero-order valence-corrected chi connectivity index (χ0v) is 18.5. The van der Waals surface area contributed by atoms with Crippen molar-refractivity contribution in [2.75, 3.05) is 6.61 Å². The lowest BCUT2D eigenvalue weighted by Crippen LogP contribution is -2.56. The maximum absolute atomic E-state index is 12.8. The van der Waals surface area contributed by atoms with Crippen LogP contribution in [0.4, 0.5) is 0 Å². The number of phenolic OH excluding ortho intramolecular Hbond substituents is 4. The van der Waals surface area contributed by atoms with Crippen LogP contribution in [0.2, 0.25) is 0 Å². The minimum atomic E-state index is -1.57. The Kier molecular flexibility index (Phi) is 6.97. The van der Waals surface area contributed by atoms with Crippen LogP contribution in [0.1, 0.15) is 26.3 Å². The molecule has 0 amide bonds. The van der Waals surface area contributed by atoms with Gasteiger partial charge in [-0.25, -0.2) is 4.79 Å². The molecule has 188 valence electrons. The number of aliphatic hydroxyl groups excluding tert-OH is 2. The number of hydrogen-bond donors (Lipinski definition) is 6. The first-order chi connectivity index (χ1) is 17.1. The van der Waals surface area contributed by atoms with Crippen molar-refractivity contribution in [3.8, 4) is 28.7 Å². The van der Waals surface area contributed by atoms with Gasteiger partial charge < -0.3 is 44.8 Å². The molecule has 0 unspecified atom stereocenters. The zero-order valence-electron chi connectivity index (χ0n) is 18.5. The Morgan fingerprint density at radius 2 is 1.44 bits per heavy atom. The van der Waals surface area contributed by atoms with Crippen LogP contribution in [0, 0.1) is 0 Å². The Bertz CT molecular complexity index is 1230. The minimum absolute atomic E-state index is 0.180. The van der Waals surface area contributed by atoms with E-state index in [9.17, 15) is 40.2 Å². The number of carbonyl (C=O) groups is 2. The molecule has 0 aliphatic carbocycles. The fraction of sp³-hybridized carbons (Fsp3) is 0.200. The molecule has 0 saturated carbocycles. The standard InChI is InChI=1S/C25H22O11/c26-14-6-13(7-15(27)8-14)21(31)20-17(28)9-16(10-18(20)29)35-25-23(22(32)19(30)11-34-25)36-24(33)12-4-2-1-3-5-12/h1-10,19,22-23,25-30,32H,11H2/t19-,22-,23+,25-/m0/s1. The van der Waals surface area contributed by atoms with Gasteiger partial charge in [-0.05, 0) is 24.3 Å². The second kappa shape index (κ2) is 10.1. The molecule has 1 aliphatic heterocycles. The predicted molar refractivity (Wildman–Crippen MR) is 121 cm³/mol. The highest BCUT2D eigenvalue weighted by Gasteiger charge is 2.43. The third-order valence-electron chi connectivity index (χ3n) is 5.40. The smallest absolute Gasteiger partial charge is 0.338 e. The molecule has 4 atom stereocenters. The Labute approximate surface area is 204 Å². The Morgan fingerprint density at radius 3 is 2.06 bits per heavy atom. The molecule has 0 spiro atoms. The third-order valence-corrected chi connectivity index (χ3v) is 5.40. The summed E-state index contributed by atoms with van der Waals surface area (Å²) in [5.41, 5.74) is -0.550. The van der Waals surface area contributed by atoms with E-state index in [2.05, 4.69) is 0 Å². The molecule has 0 radical (unpaired) electrons. The van der Waals surface area contributed by atoms with Crippen LogP contribution in [-0.4, -0.2) is 73.6 Å². The average molecular weight is 498 g/mol. The van der Waals surface area contributed by atoms with Crippen molar-refractivity contribution in [1.82, 2.24) is 0 Å². The fourth-order valence-electron chi connectivity index (χ4n) is 3.65. The van der Waals surface area contributed by atoms with Crippen LogP contribution in [-0.2, 0) is 9.47 Å². The first-order valence-electron chi connectivity index (χ1n) is 10.7. The summed E-state index contributed by atoms with van der Waals surface area (Å²) in [5, 5.41) is 60.4. The Morgan fingerprint density at radius 1 is 0.833 bits per heavy atom. The zero-order chi connectivity index (χ0) is 26.0. The van der Waals surface area contributed by atoms with E-state index in [4.69, 9.17) is 14.2 Å². The molecule has 1 heterocycles. The lowest BCUT2D eigenvalue weighted by molar-refractivity contribution is -0.241. The molecule has 1 fully saturated rings. The van der Waals surface area contributed by atoms with E-state index in [0.717, 1.165) is 30.3 Å². The monoisotopic (exact) mass is 498 g/mol. The molecule has 4 rings (SSSR count). The number of esters is 1. The summed E-state index contributed by atoms with van der Waals surface area (Å²) in [7, 11) is 0. The molecule has 6 N–H and O–H groups in total. The van der Waals surface area contributed by atoms with Crippen molar-refractivity contribution >= 4 is 11.8 Å². The highest BCUT2D eigenvalue weighted by Crippen LogP contribution is 2.36. The highest BCUT2D eigenvalue weighted by molar-refractivity contribution is 6.12. The molecule has 36 heavy (non-hydrogen) atoms. The Hall–Kier alpha value is -4.32. The van der Waals surface area contributed by atoms with Gasteiger partial charge in [-0.15, -0.1) is 0 Å². The highest BCUT2D eigenvalue weighted by atomic mass is 16.7. The van der Waals surface area contributed by atoms with Gasteiger partial charge in [-0.3, -0.25) is 4.79 Å². The van der Waals surface area contributed by atoms with E-state index in [0.29, 0.717) is 0 Å². The van der Waals surface area contributed by atoms with E-state index >= 15 is 0 Å². The number of carbonyl (C=O) groups excluding carboxylic acids is 2. The van der Waals surface area contributed by atoms with E-state index in [1.807, 2.05) is 0 Å². The van der Waals surface area contributed by atoms with E-state index in [1.54, 1.807) is 18.2 Å². The van der Waals surface area contributed by atoms with Crippen molar-refractivity contribution in [2.45, 2.75) is 24.6 Å². The average Bonchev–Trinajstić information content (AvgIpc) is 2.83. The van der Waals surface area contributed by atoms with Crippen LogP contribution in [0.15, 0.2) is 60.7 Å². The van der Waals surface area contributed by atoms with Gasteiger partial charge in [-0.2, -0.15) is 0 Å². The maximum Gasteiger partial charge on any atom is 0.338 e. The quantitative estimate of drug-likeness (QED) is 0.213. The summed E-state index contributed by atoms with van der Waals surface area (Å²) < 4.78 is 16.3. The molecular weight excluding hydrogens is 476 g/mol. The van der Waals surface area contributed by atoms with Crippen LogP contribution >= 0.6 is 0 Å². The van der Waals surface area contributed by atoms with Gasteiger partial charge in [0, 0.05) is 23.8 Å². The van der Waals surface area contributed by atoms with E-state index in [-0.39, 0.29) is 23.5 Å². The number of ketones is 1. The summed E-state index contributed by atoms with van der Waals surface area (Å²) in [4.78, 5) is 25.2. The molecule has 3 aromatic rings. The topological polar surface area (TPSA) is 183 Å². The summed E-state index contributed by atoms with van der Waals surface area (Å²) in [6, 6.07) is 12.9. The lowest BCUT2D eigenvalue weighted by Gasteiger charge is -2.37. The van der Waals surface area contributed by atoms with Gasteiger partial charge in [0.1, 0.15) is 46.5 Å². The predicted octanol–water partition coefficient (Wildman–Crippen LogP) is 1.42. The van der Waals surface area contributed by atoms with Crippen LogP contribution in [0.5, 0.6) is 28.7 Å². The summed E-state index contributed by atoms with van der Waals surface area (Å²) in [6.07, 6.45) is -5.88. The van der Waals surface area contributed by atoms with Crippen molar-refractivity contribution in [1.29, 1.82) is 0 Å². The lowest BCUT2D eigenvalue weighted by atomic mass is 10.0. The normalized spacial score (nSPS) is 21.5. The number of hydrogen-bond acceptors (Lipinski definition) is 11. The number of phenols is 4. The van der Waals surface area contributed by atoms with E-state index < -0.39 is 64.9 Å². The van der Waals surface area contributed by atoms with Gasteiger partial charge in [0.05, 0.1) is 12.2 Å². The second-order valence-corrected chi connectivity index (χ2v) is 8.02. The van der Waals surface area contributed by atoms with Crippen molar-refractivity contribution < 1.29 is 54.4 Å². The third kappa shape index (κ3) is 5.18. The maximum atomic E-state index is 12.8. The number of ether oxygens (including phenoxy) is 3. The van der Waals surface area contributed by atoms with Crippen LogP contribution < -0.4 is 4.74 Å². The first kappa shape index (κ1) is 24.8. The summed E-state index contributed by atoms with van der Waals surface area (Å²) in [5.74, 6) is -4.13. The fourth-order valence-corrected chi connectivity index (χ4v) is 3.65. The molecule has 0 aromatic heterocycles. The van der Waals surface area contributed by atoms with Crippen LogP contribution in [0.25, 0.3) is 0 Å².